The molecule has 1 N–H and O–H groups in total. The summed E-state index contributed by atoms with van der Waals surface area (Å²) in [6.07, 6.45) is 6.26. The Balaban J connectivity index is 1.66. The number of nitrogens with zero attached hydrogens (tertiary/aromatic N) is 2. The Bertz CT molecular complexity index is 676. The maximum absolute atomic E-state index is 12.4. The monoisotopic (exact) mass is 313 g/mol. The minimum Gasteiger partial charge on any atom is -0.467 e. The third-order valence-electron chi connectivity index (χ3n) is 3.89. The van der Waals surface area contributed by atoms with Gasteiger partial charge in [-0.05, 0) is 43.5 Å². The molecule has 23 heavy (non-hydrogen) atoms. The van der Waals surface area contributed by atoms with Gasteiger partial charge >= 0.3 is 0 Å². The summed E-state index contributed by atoms with van der Waals surface area (Å²) in [5.74, 6) is 0.318. The highest BCUT2D eigenvalue weighted by atomic mass is 16.3. The number of nitrogens with one attached hydrogen (secondary N) is 1. The Hall–Kier alpha value is -2.63. The fourth-order valence-corrected chi connectivity index (χ4v) is 2.63. The molecule has 0 saturated carbocycles. The van der Waals surface area contributed by atoms with Crippen LogP contribution in [0.1, 0.15) is 45.9 Å². The molecular weight excluding hydrogens is 294 g/mol. The van der Waals surface area contributed by atoms with E-state index in [0.29, 0.717) is 23.6 Å². The zero-order valence-corrected chi connectivity index (χ0v) is 12.8. The molecule has 2 aromatic heterocycles. The maximum atomic E-state index is 12.4. The van der Waals surface area contributed by atoms with E-state index in [1.54, 1.807) is 35.4 Å². The second-order valence-electron chi connectivity index (χ2n) is 5.54. The third kappa shape index (κ3) is 3.77. The van der Waals surface area contributed by atoms with Gasteiger partial charge in [0.1, 0.15) is 11.5 Å². The Morgan fingerprint density at radius 1 is 1.22 bits per heavy atom. The van der Waals surface area contributed by atoms with Crippen LogP contribution in [0.4, 0.5) is 0 Å². The Labute approximate surface area is 134 Å². The molecule has 120 valence electrons. The average Bonchev–Trinajstić information content (AvgIpc) is 3.13. The second kappa shape index (κ2) is 7.09. The zero-order chi connectivity index (χ0) is 16.1. The molecule has 2 amide bonds. The molecule has 0 bridgehead atoms. The Kier molecular flexibility index (Phi) is 4.71. The van der Waals surface area contributed by atoms with E-state index in [4.69, 9.17) is 4.42 Å². The van der Waals surface area contributed by atoms with Crippen molar-refractivity contribution < 1.29 is 14.0 Å². The molecule has 0 spiro atoms. The predicted octanol–water partition coefficient (Wildman–Crippen LogP) is 2.23. The average molecular weight is 313 g/mol. The lowest BCUT2D eigenvalue weighted by Gasteiger charge is -2.26. The number of furan rings is 1. The maximum Gasteiger partial charge on any atom is 0.272 e. The standard InChI is InChI=1S/C17H19N3O3/c21-16(19-12-14-5-4-10-23-14)13-6-7-18-15(11-13)17(22)20-8-2-1-3-9-20/h4-7,10-11H,1-3,8-9,12H2,(H,19,21). The first-order valence-corrected chi connectivity index (χ1v) is 7.80. The van der Waals surface area contributed by atoms with Gasteiger partial charge in [0.15, 0.2) is 0 Å². The summed E-state index contributed by atoms with van der Waals surface area (Å²) >= 11 is 0. The normalized spacial score (nSPS) is 14.5. The van der Waals surface area contributed by atoms with Crippen molar-refractivity contribution in [2.75, 3.05) is 13.1 Å². The molecule has 1 aliphatic heterocycles. The summed E-state index contributed by atoms with van der Waals surface area (Å²) in [6.45, 7) is 1.83. The van der Waals surface area contributed by atoms with Gasteiger partial charge in [-0.25, -0.2) is 0 Å². The highest BCUT2D eigenvalue weighted by Crippen LogP contribution is 2.13. The molecule has 0 atom stereocenters. The van der Waals surface area contributed by atoms with Crippen LogP contribution in [0.5, 0.6) is 0 Å². The Morgan fingerprint density at radius 3 is 2.78 bits per heavy atom. The minimum absolute atomic E-state index is 0.106. The van der Waals surface area contributed by atoms with Crippen molar-refractivity contribution >= 4 is 11.8 Å². The van der Waals surface area contributed by atoms with E-state index in [1.165, 1.54) is 6.20 Å². The van der Waals surface area contributed by atoms with Gasteiger partial charge in [-0.1, -0.05) is 0 Å². The first kappa shape index (κ1) is 15.3. The fourth-order valence-electron chi connectivity index (χ4n) is 2.63. The zero-order valence-electron chi connectivity index (χ0n) is 12.8. The fraction of sp³-hybridized carbons (Fsp3) is 0.353. The number of hydrogen-bond donors (Lipinski definition) is 1. The van der Waals surface area contributed by atoms with Gasteiger partial charge in [0.2, 0.25) is 0 Å². The first-order chi connectivity index (χ1) is 11.2. The number of carbonyl (C=O) groups is 2. The molecule has 6 nitrogen and oxygen atoms in total. The topological polar surface area (TPSA) is 75.4 Å². The molecule has 1 fully saturated rings. The van der Waals surface area contributed by atoms with Crippen molar-refractivity contribution in [1.29, 1.82) is 0 Å². The molecule has 0 aromatic carbocycles. The molecule has 6 heteroatoms. The van der Waals surface area contributed by atoms with Crippen LogP contribution in [0.2, 0.25) is 0 Å². The molecule has 3 heterocycles. The van der Waals surface area contributed by atoms with Crippen LogP contribution in [-0.2, 0) is 6.54 Å². The smallest absolute Gasteiger partial charge is 0.272 e. The molecule has 0 aliphatic carbocycles. The quantitative estimate of drug-likeness (QED) is 0.939. The molecule has 0 unspecified atom stereocenters. The second-order valence-corrected chi connectivity index (χ2v) is 5.54. The van der Waals surface area contributed by atoms with Crippen molar-refractivity contribution in [3.63, 3.8) is 0 Å². The molecule has 1 aliphatic rings. The summed E-state index contributed by atoms with van der Waals surface area (Å²) in [4.78, 5) is 30.5. The number of pyridine rings is 1. The number of likely N-dealkylation sites (tertiary alicyclic amines) is 1. The number of carbonyl (C=O) groups excluding carboxylic acids is 2. The van der Waals surface area contributed by atoms with E-state index in [9.17, 15) is 9.59 Å². The van der Waals surface area contributed by atoms with Gasteiger partial charge in [-0.3, -0.25) is 14.6 Å². The van der Waals surface area contributed by atoms with Gasteiger partial charge in [0.05, 0.1) is 12.8 Å². The summed E-state index contributed by atoms with van der Waals surface area (Å²) < 4.78 is 5.17. The lowest BCUT2D eigenvalue weighted by Crippen LogP contribution is -2.36. The number of amides is 2. The van der Waals surface area contributed by atoms with E-state index in [0.717, 1.165) is 32.4 Å². The highest BCUT2D eigenvalue weighted by Gasteiger charge is 2.20. The van der Waals surface area contributed by atoms with Crippen LogP contribution in [0, 0.1) is 0 Å². The highest BCUT2D eigenvalue weighted by molar-refractivity contribution is 5.98. The number of aromatic nitrogens is 1. The van der Waals surface area contributed by atoms with Crippen LogP contribution in [0.15, 0.2) is 41.1 Å². The van der Waals surface area contributed by atoms with Gasteiger partial charge in [0.25, 0.3) is 11.8 Å². The van der Waals surface area contributed by atoms with Crippen molar-refractivity contribution in [3.8, 4) is 0 Å². The predicted molar refractivity (Wildman–Crippen MR) is 83.9 cm³/mol. The third-order valence-corrected chi connectivity index (χ3v) is 3.89. The first-order valence-electron chi connectivity index (χ1n) is 7.80. The summed E-state index contributed by atoms with van der Waals surface area (Å²) in [5.41, 5.74) is 0.740. The summed E-state index contributed by atoms with van der Waals surface area (Å²) in [7, 11) is 0. The lowest BCUT2D eigenvalue weighted by molar-refractivity contribution is 0.0718. The SMILES string of the molecule is O=C(NCc1ccco1)c1ccnc(C(=O)N2CCCCC2)c1. The number of piperidine rings is 1. The van der Waals surface area contributed by atoms with Gasteiger partial charge in [-0.15, -0.1) is 0 Å². The van der Waals surface area contributed by atoms with Gasteiger partial charge in [-0.2, -0.15) is 0 Å². The van der Waals surface area contributed by atoms with Crippen LogP contribution < -0.4 is 5.32 Å². The molecule has 0 radical (unpaired) electrons. The lowest BCUT2D eigenvalue weighted by atomic mass is 10.1. The molecular formula is C17H19N3O3. The van der Waals surface area contributed by atoms with E-state index in [1.807, 2.05) is 0 Å². The molecule has 1 saturated heterocycles. The largest absolute Gasteiger partial charge is 0.467 e. The summed E-state index contributed by atoms with van der Waals surface area (Å²) in [6, 6.07) is 6.71. The van der Waals surface area contributed by atoms with Crippen LogP contribution >= 0.6 is 0 Å². The number of rotatable bonds is 4. The van der Waals surface area contributed by atoms with Crippen molar-refractivity contribution in [1.82, 2.24) is 15.2 Å². The van der Waals surface area contributed by atoms with Crippen LogP contribution in [0.25, 0.3) is 0 Å². The molecule has 3 rings (SSSR count). The van der Waals surface area contributed by atoms with Crippen molar-refractivity contribution in [2.45, 2.75) is 25.8 Å². The number of hydrogen-bond acceptors (Lipinski definition) is 4. The van der Waals surface area contributed by atoms with Crippen LogP contribution in [-0.4, -0.2) is 34.8 Å². The van der Waals surface area contributed by atoms with E-state index in [-0.39, 0.29) is 11.8 Å². The van der Waals surface area contributed by atoms with Crippen LogP contribution in [0.3, 0.4) is 0 Å². The summed E-state index contributed by atoms with van der Waals surface area (Å²) in [5, 5.41) is 2.76. The van der Waals surface area contributed by atoms with Crippen molar-refractivity contribution in [2.24, 2.45) is 0 Å². The molecule has 2 aromatic rings. The van der Waals surface area contributed by atoms with E-state index in [2.05, 4.69) is 10.3 Å². The minimum atomic E-state index is -0.253. The Morgan fingerprint density at radius 2 is 2.04 bits per heavy atom. The van der Waals surface area contributed by atoms with E-state index < -0.39 is 0 Å². The van der Waals surface area contributed by atoms with Crippen molar-refractivity contribution in [3.05, 3.63) is 53.7 Å². The van der Waals surface area contributed by atoms with Gasteiger partial charge in [0, 0.05) is 24.8 Å². The van der Waals surface area contributed by atoms with Gasteiger partial charge < -0.3 is 14.6 Å². The van der Waals surface area contributed by atoms with E-state index >= 15 is 0 Å².